The predicted molar refractivity (Wildman–Crippen MR) is 157 cm³/mol. The Morgan fingerprint density at radius 1 is 0.976 bits per heavy atom. The Labute approximate surface area is 246 Å². The lowest BCUT2D eigenvalue weighted by Gasteiger charge is -2.38. The molecule has 0 unspecified atom stereocenters. The van der Waals surface area contributed by atoms with Gasteiger partial charge < -0.3 is 24.4 Å². The van der Waals surface area contributed by atoms with Gasteiger partial charge in [0, 0.05) is 25.7 Å². The molecule has 2 heterocycles. The number of ether oxygens (including phenoxy) is 3. The summed E-state index contributed by atoms with van der Waals surface area (Å²) >= 11 is 0. The van der Waals surface area contributed by atoms with Gasteiger partial charge in [0.1, 0.15) is 22.1 Å². The topological polar surface area (TPSA) is 114 Å². The summed E-state index contributed by atoms with van der Waals surface area (Å²) in [5, 5.41) is 2.92. The molecule has 1 saturated heterocycles. The molecule has 5 rings (SSSR count). The van der Waals surface area contributed by atoms with Gasteiger partial charge in [-0.25, -0.2) is 8.42 Å². The van der Waals surface area contributed by atoms with Gasteiger partial charge in [-0.2, -0.15) is 4.31 Å². The Kier molecular flexibility index (Phi) is 8.98. The molecule has 1 N–H and O–H groups in total. The van der Waals surface area contributed by atoms with E-state index in [1.54, 1.807) is 41.3 Å². The van der Waals surface area contributed by atoms with Crippen LogP contribution in [0.5, 0.6) is 17.2 Å². The molecular weight excluding hydrogens is 558 g/mol. The standard InChI is InChI=1S/C31H35N3O7S/c1-39-24-14-15-27(40-2)29(19-24)42(37,38)33-18-8-11-23(20-33)31(36)34-21-28(41-26-13-7-6-12-25(26)34)30(35)32-17-16-22-9-4-3-5-10-22/h3-7,9-10,12-15,19,23,28H,8,11,16-18,20-21H2,1-2H3,(H,32,35)/t23-,28+/m1/s1. The molecule has 2 aliphatic heterocycles. The van der Waals surface area contributed by atoms with Gasteiger partial charge in [0.05, 0.1) is 32.4 Å². The lowest BCUT2D eigenvalue weighted by molar-refractivity contribution is -0.129. The molecule has 3 aromatic carbocycles. The summed E-state index contributed by atoms with van der Waals surface area (Å²) in [6.07, 6.45) is 0.803. The van der Waals surface area contributed by atoms with Gasteiger partial charge in [0.25, 0.3) is 5.91 Å². The molecule has 0 aliphatic carbocycles. The molecule has 0 bridgehead atoms. The van der Waals surface area contributed by atoms with Gasteiger partial charge >= 0.3 is 0 Å². The molecule has 0 aromatic heterocycles. The minimum atomic E-state index is -3.98. The zero-order chi connectivity index (χ0) is 29.7. The van der Waals surface area contributed by atoms with Gasteiger partial charge in [0.15, 0.2) is 6.10 Å². The molecule has 0 saturated carbocycles. The van der Waals surface area contributed by atoms with E-state index >= 15 is 0 Å². The van der Waals surface area contributed by atoms with Crippen molar-refractivity contribution >= 4 is 27.5 Å². The molecule has 10 nitrogen and oxygen atoms in total. The van der Waals surface area contributed by atoms with Gasteiger partial charge in [0.2, 0.25) is 15.9 Å². The molecule has 0 radical (unpaired) electrons. The van der Waals surface area contributed by atoms with Crippen LogP contribution in [0.3, 0.4) is 0 Å². The molecule has 2 atom stereocenters. The summed E-state index contributed by atoms with van der Waals surface area (Å²) in [4.78, 5) is 28.7. The Morgan fingerprint density at radius 3 is 2.50 bits per heavy atom. The van der Waals surface area contributed by atoms with Gasteiger partial charge in [-0.3, -0.25) is 9.59 Å². The fourth-order valence-electron chi connectivity index (χ4n) is 5.38. The van der Waals surface area contributed by atoms with Crippen molar-refractivity contribution in [3.05, 3.63) is 78.4 Å². The number of anilines is 1. The Balaban J connectivity index is 1.32. The van der Waals surface area contributed by atoms with E-state index in [9.17, 15) is 18.0 Å². The second-order valence-corrected chi connectivity index (χ2v) is 12.2. The molecule has 1 fully saturated rings. The number of rotatable bonds is 9. The first-order valence-electron chi connectivity index (χ1n) is 13.9. The smallest absolute Gasteiger partial charge is 0.262 e. The third kappa shape index (κ3) is 6.22. The minimum Gasteiger partial charge on any atom is -0.497 e. The van der Waals surface area contributed by atoms with E-state index in [2.05, 4.69) is 5.32 Å². The molecule has 222 valence electrons. The van der Waals surface area contributed by atoms with E-state index in [1.165, 1.54) is 24.6 Å². The number of nitrogens with zero attached hydrogens (tertiary/aromatic N) is 2. The zero-order valence-electron chi connectivity index (χ0n) is 23.7. The number of sulfonamides is 1. The molecular formula is C31H35N3O7S. The molecule has 42 heavy (non-hydrogen) atoms. The van der Waals surface area contributed by atoms with Crippen molar-refractivity contribution < 1.29 is 32.2 Å². The van der Waals surface area contributed by atoms with Crippen molar-refractivity contribution in [1.29, 1.82) is 0 Å². The maximum absolute atomic E-state index is 14.0. The number of para-hydroxylation sites is 2. The summed E-state index contributed by atoms with van der Waals surface area (Å²) in [7, 11) is -1.11. The van der Waals surface area contributed by atoms with E-state index in [0.29, 0.717) is 43.0 Å². The highest BCUT2D eigenvalue weighted by Crippen LogP contribution is 2.37. The molecule has 11 heteroatoms. The lowest BCUT2D eigenvalue weighted by Crippen LogP contribution is -2.54. The third-order valence-electron chi connectivity index (χ3n) is 7.61. The lowest BCUT2D eigenvalue weighted by atomic mass is 9.97. The van der Waals surface area contributed by atoms with Crippen LogP contribution in [-0.4, -0.2) is 71.0 Å². The number of carbonyl (C=O) groups excluding carboxylic acids is 2. The number of carbonyl (C=O) groups is 2. The average Bonchev–Trinajstić information content (AvgIpc) is 3.04. The van der Waals surface area contributed by atoms with E-state index in [0.717, 1.165) is 5.56 Å². The van der Waals surface area contributed by atoms with Crippen LogP contribution in [0.15, 0.2) is 77.7 Å². The first kappa shape index (κ1) is 29.4. The van der Waals surface area contributed by atoms with Gasteiger partial charge in [-0.05, 0) is 49.1 Å². The van der Waals surface area contributed by atoms with Crippen molar-refractivity contribution in [2.75, 3.05) is 45.3 Å². The molecule has 2 amide bonds. The number of amides is 2. The Bertz CT molecular complexity index is 1530. The maximum atomic E-state index is 14.0. The first-order valence-corrected chi connectivity index (χ1v) is 15.4. The zero-order valence-corrected chi connectivity index (χ0v) is 24.5. The van der Waals surface area contributed by atoms with Crippen molar-refractivity contribution in [2.45, 2.75) is 30.3 Å². The second-order valence-electron chi connectivity index (χ2n) is 10.3. The van der Waals surface area contributed by atoms with Crippen LogP contribution in [0.1, 0.15) is 18.4 Å². The molecule has 3 aromatic rings. The fourth-order valence-corrected chi connectivity index (χ4v) is 7.07. The Morgan fingerprint density at radius 2 is 1.74 bits per heavy atom. The monoisotopic (exact) mass is 593 g/mol. The summed E-state index contributed by atoms with van der Waals surface area (Å²) in [6, 6.07) is 21.5. The molecule has 2 aliphatic rings. The largest absolute Gasteiger partial charge is 0.497 e. The summed E-state index contributed by atoms with van der Waals surface area (Å²) in [6.45, 7) is 0.745. The third-order valence-corrected chi connectivity index (χ3v) is 9.50. The highest BCUT2D eigenvalue weighted by molar-refractivity contribution is 7.89. The predicted octanol–water partition coefficient (Wildman–Crippen LogP) is 3.26. The van der Waals surface area contributed by atoms with Crippen LogP contribution in [0.2, 0.25) is 0 Å². The number of fused-ring (bicyclic) bond motifs is 1. The summed E-state index contributed by atoms with van der Waals surface area (Å²) in [5.41, 5.74) is 1.66. The van der Waals surface area contributed by atoms with Crippen LogP contribution >= 0.6 is 0 Å². The van der Waals surface area contributed by atoms with Crippen molar-refractivity contribution in [3.63, 3.8) is 0 Å². The SMILES string of the molecule is COc1ccc(OC)c(S(=O)(=O)N2CCC[C@@H](C(=O)N3C[C@@H](C(=O)NCCc4ccccc4)Oc4ccccc43)C2)c1. The first-order chi connectivity index (χ1) is 20.3. The molecule has 0 spiro atoms. The quantitative estimate of drug-likeness (QED) is 0.405. The fraction of sp³-hybridized carbons (Fsp3) is 0.355. The van der Waals surface area contributed by atoms with E-state index < -0.39 is 22.0 Å². The highest BCUT2D eigenvalue weighted by Gasteiger charge is 2.40. The number of benzene rings is 3. The van der Waals surface area contributed by atoms with Gasteiger partial charge in [-0.1, -0.05) is 42.5 Å². The van der Waals surface area contributed by atoms with Gasteiger partial charge in [-0.15, -0.1) is 0 Å². The number of hydrogen-bond acceptors (Lipinski definition) is 7. The number of nitrogens with one attached hydrogen (secondary N) is 1. The second kappa shape index (κ2) is 12.8. The number of piperidine rings is 1. The van der Waals surface area contributed by atoms with Crippen LogP contribution in [0.25, 0.3) is 0 Å². The maximum Gasteiger partial charge on any atom is 0.262 e. The minimum absolute atomic E-state index is 0.00892. The van der Waals surface area contributed by atoms with Crippen LogP contribution in [0.4, 0.5) is 5.69 Å². The number of hydrogen-bond donors (Lipinski definition) is 1. The highest BCUT2D eigenvalue weighted by atomic mass is 32.2. The van der Waals surface area contributed by atoms with Crippen molar-refractivity contribution in [1.82, 2.24) is 9.62 Å². The number of methoxy groups -OCH3 is 2. The summed E-state index contributed by atoms with van der Waals surface area (Å²) in [5.74, 6) is -0.133. The Hall–Kier alpha value is -4.09. The van der Waals surface area contributed by atoms with E-state index in [4.69, 9.17) is 14.2 Å². The average molecular weight is 594 g/mol. The summed E-state index contributed by atoms with van der Waals surface area (Å²) < 4.78 is 45.3. The van der Waals surface area contributed by atoms with Crippen LogP contribution < -0.4 is 24.4 Å². The van der Waals surface area contributed by atoms with E-state index in [1.807, 2.05) is 30.3 Å². The van der Waals surface area contributed by atoms with Crippen LogP contribution in [-0.2, 0) is 26.0 Å². The van der Waals surface area contributed by atoms with Crippen molar-refractivity contribution in [2.24, 2.45) is 5.92 Å². The van der Waals surface area contributed by atoms with Crippen molar-refractivity contribution in [3.8, 4) is 17.2 Å². The van der Waals surface area contributed by atoms with E-state index in [-0.39, 0.29) is 42.1 Å². The van der Waals surface area contributed by atoms with Crippen LogP contribution in [0, 0.1) is 5.92 Å². The normalized spacial score (nSPS) is 18.9.